The standard InChI is InChI=1S/C15H18ClFO/c1-10-8-12(13(16)9-14(10)17)15(18)7-6-11-4-2-3-5-11/h8-9,11H,2-7H2,1H3. The summed E-state index contributed by atoms with van der Waals surface area (Å²) in [4.78, 5) is 12.1. The Bertz CT molecular complexity index is 450. The third-order valence-electron chi connectivity index (χ3n) is 3.80. The summed E-state index contributed by atoms with van der Waals surface area (Å²) in [6.07, 6.45) is 6.51. The Balaban J connectivity index is 2.01. The molecule has 0 unspecified atom stereocenters. The third kappa shape index (κ3) is 3.11. The van der Waals surface area contributed by atoms with Crippen molar-refractivity contribution >= 4 is 17.4 Å². The third-order valence-corrected chi connectivity index (χ3v) is 4.12. The first-order valence-electron chi connectivity index (χ1n) is 6.57. The molecule has 1 aliphatic rings. The smallest absolute Gasteiger partial charge is 0.164 e. The molecule has 1 aromatic rings. The molecule has 1 fully saturated rings. The van der Waals surface area contributed by atoms with Gasteiger partial charge in [0.1, 0.15) is 5.82 Å². The topological polar surface area (TPSA) is 17.1 Å². The lowest BCUT2D eigenvalue weighted by atomic mass is 9.97. The molecule has 0 atom stereocenters. The minimum Gasteiger partial charge on any atom is -0.294 e. The molecule has 1 aromatic carbocycles. The average molecular weight is 269 g/mol. The number of rotatable bonds is 4. The molecule has 0 amide bonds. The lowest BCUT2D eigenvalue weighted by molar-refractivity contribution is 0.0974. The molecular formula is C15H18ClFO. The number of ketones is 1. The SMILES string of the molecule is Cc1cc(C(=O)CCC2CCCC2)c(Cl)cc1F. The first kappa shape index (κ1) is 13.5. The van der Waals surface area contributed by atoms with E-state index in [0.717, 1.165) is 6.42 Å². The van der Waals surface area contributed by atoms with E-state index in [9.17, 15) is 9.18 Å². The van der Waals surface area contributed by atoms with Gasteiger partial charge >= 0.3 is 0 Å². The van der Waals surface area contributed by atoms with Gasteiger partial charge in [-0.15, -0.1) is 0 Å². The molecular weight excluding hydrogens is 251 g/mol. The van der Waals surface area contributed by atoms with Gasteiger partial charge in [-0.1, -0.05) is 37.3 Å². The zero-order valence-corrected chi connectivity index (χ0v) is 11.4. The minimum absolute atomic E-state index is 0.0370. The van der Waals surface area contributed by atoms with Gasteiger partial charge in [0.15, 0.2) is 5.78 Å². The first-order valence-corrected chi connectivity index (χ1v) is 6.94. The summed E-state index contributed by atoms with van der Waals surface area (Å²) in [5.41, 5.74) is 0.942. The predicted molar refractivity (Wildman–Crippen MR) is 71.7 cm³/mol. The van der Waals surface area contributed by atoms with Crippen molar-refractivity contribution < 1.29 is 9.18 Å². The highest BCUT2D eigenvalue weighted by Crippen LogP contribution is 2.30. The van der Waals surface area contributed by atoms with Crippen LogP contribution in [0.1, 0.15) is 54.4 Å². The predicted octanol–water partition coefficient (Wildman–Crippen LogP) is 4.94. The molecule has 0 spiro atoms. The van der Waals surface area contributed by atoms with Crippen molar-refractivity contribution in [3.8, 4) is 0 Å². The second-order valence-corrected chi connectivity index (χ2v) is 5.60. The molecule has 3 heteroatoms. The van der Waals surface area contributed by atoms with Gasteiger partial charge < -0.3 is 0 Å². The molecule has 2 rings (SSSR count). The fourth-order valence-corrected chi connectivity index (χ4v) is 2.90. The van der Waals surface area contributed by atoms with Crippen molar-refractivity contribution in [3.63, 3.8) is 0 Å². The van der Waals surface area contributed by atoms with Crippen LogP contribution in [0, 0.1) is 18.7 Å². The lowest BCUT2D eigenvalue weighted by Gasteiger charge is -2.09. The highest BCUT2D eigenvalue weighted by atomic mass is 35.5. The van der Waals surface area contributed by atoms with Gasteiger partial charge in [0.05, 0.1) is 5.02 Å². The van der Waals surface area contributed by atoms with Crippen LogP contribution >= 0.6 is 11.6 Å². The molecule has 0 bridgehead atoms. The number of hydrogen-bond acceptors (Lipinski definition) is 1. The van der Waals surface area contributed by atoms with E-state index < -0.39 is 0 Å². The van der Waals surface area contributed by atoms with Crippen LogP contribution in [0.15, 0.2) is 12.1 Å². The van der Waals surface area contributed by atoms with Crippen molar-refractivity contribution in [3.05, 3.63) is 34.1 Å². The van der Waals surface area contributed by atoms with Crippen LogP contribution in [-0.2, 0) is 0 Å². The highest BCUT2D eigenvalue weighted by Gasteiger charge is 2.18. The van der Waals surface area contributed by atoms with Crippen LogP contribution in [0.3, 0.4) is 0 Å². The summed E-state index contributed by atoms with van der Waals surface area (Å²) in [5, 5.41) is 0.231. The van der Waals surface area contributed by atoms with E-state index in [0.29, 0.717) is 23.5 Å². The zero-order valence-electron chi connectivity index (χ0n) is 10.6. The van der Waals surface area contributed by atoms with Crippen molar-refractivity contribution in [2.45, 2.75) is 45.4 Å². The van der Waals surface area contributed by atoms with Gasteiger partial charge in [0.25, 0.3) is 0 Å². The molecule has 0 aromatic heterocycles. The van der Waals surface area contributed by atoms with Crippen LogP contribution < -0.4 is 0 Å². The van der Waals surface area contributed by atoms with Gasteiger partial charge in [-0.05, 0) is 37.0 Å². The fraction of sp³-hybridized carbons (Fsp3) is 0.533. The molecule has 18 heavy (non-hydrogen) atoms. The summed E-state index contributed by atoms with van der Waals surface area (Å²) in [6.45, 7) is 1.65. The van der Waals surface area contributed by atoms with E-state index in [2.05, 4.69) is 0 Å². The molecule has 1 aliphatic carbocycles. The summed E-state index contributed by atoms with van der Waals surface area (Å²) >= 11 is 5.93. The number of hydrogen-bond donors (Lipinski definition) is 0. The van der Waals surface area contributed by atoms with Gasteiger partial charge in [0.2, 0.25) is 0 Å². The van der Waals surface area contributed by atoms with Crippen molar-refractivity contribution in [1.29, 1.82) is 0 Å². The summed E-state index contributed by atoms with van der Waals surface area (Å²) < 4.78 is 13.3. The van der Waals surface area contributed by atoms with Crippen LogP contribution in [0.2, 0.25) is 5.02 Å². The van der Waals surface area contributed by atoms with E-state index >= 15 is 0 Å². The van der Waals surface area contributed by atoms with Crippen LogP contribution in [0.4, 0.5) is 4.39 Å². The molecule has 0 saturated heterocycles. The highest BCUT2D eigenvalue weighted by molar-refractivity contribution is 6.34. The molecule has 0 N–H and O–H groups in total. The van der Waals surface area contributed by atoms with E-state index in [-0.39, 0.29) is 16.6 Å². The summed E-state index contributed by atoms with van der Waals surface area (Å²) in [5.74, 6) is 0.372. The molecule has 0 heterocycles. The number of carbonyl (C=O) groups is 1. The van der Waals surface area contributed by atoms with Gasteiger partial charge in [0, 0.05) is 12.0 Å². The number of aryl methyl sites for hydroxylation is 1. The van der Waals surface area contributed by atoms with Gasteiger partial charge in [-0.2, -0.15) is 0 Å². The summed E-state index contributed by atoms with van der Waals surface area (Å²) in [6, 6.07) is 2.80. The Kier molecular flexibility index (Phi) is 4.39. The average Bonchev–Trinajstić information content (AvgIpc) is 2.84. The maximum Gasteiger partial charge on any atom is 0.164 e. The van der Waals surface area contributed by atoms with E-state index in [1.54, 1.807) is 13.0 Å². The number of halogens is 2. The van der Waals surface area contributed by atoms with Crippen LogP contribution in [0.25, 0.3) is 0 Å². The van der Waals surface area contributed by atoms with E-state index in [4.69, 9.17) is 11.6 Å². The zero-order chi connectivity index (χ0) is 13.1. The van der Waals surface area contributed by atoms with E-state index in [1.165, 1.54) is 31.7 Å². The maximum atomic E-state index is 13.3. The number of benzene rings is 1. The lowest BCUT2D eigenvalue weighted by Crippen LogP contribution is -2.04. The normalized spacial score (nSPS) is 16.2. The molecule has 1 nitrogen and oxygen atoms in total. The van der Waals surface area contributed by atoms with Crippen LogP contribution in [-0.4, -0.2) is 5.78 Å². The second-order valence-electron chi connectivity index (χ2n) is 5.19. The Morgan fingerprint density at radius 3 is 2.72 bits per heavy atom. The first-order chi connectivity index (χ1) is 8.58. The fourth-order valence-electron chi connectivity index (χ4n) is 2.64. The van der Waals surface area contributed by atoms with Crippen molar-refractivity contribution in [2.24, 2.45) is 5.92 Å². The number of carbonyl (C=O) groups excluding carboxylic acids is 1. The Morgan fingerprint density at radius 1 is 1.39 bits per heavy atom. The van der Waals surface area contributed by atoms with Crippen LogP contribution in [0.5, 0.6) is 0 Å². The molecule has 0 radical (unpaired) electrons. The Labute approximate surface area is 112 Å². The second kappa shape index (κ2) is 5.83. The van der Waals surface area contributed by atoms with E-state index in [1.807, 2.05) is 0 Å². The number of Topliss-reactive ketones (excluding diaryl/α,β-unsaturated/α-hetero) is 1. The maximum absolute atomic E-state index is 13.3. The minimum atomic E-state index is -0.354. The molecule has 1 saturated carbocycles. The van der Waals surface area contributed by atoms with Gasteiger partial charge in [-0.25, -0.2) is 4.39 Å². The molecule has 98 valence electrons. The quantitative estimate of drug-likeness (QED) is 0.707. The molecule has 0 aliphatic heterocycles. The van der Waals surface area contributed by atoms with Crippen molar-refractivity contribution in [1.82, 2.24) is 0 Å². The summed E-state index contributed by atoms with van der Waals surface area (Å²) in [7, 11) is 0. The Morgan fingerprint density at radius 2 is 2.06 bits per heavy atom. The largest absolute Gasteiger partial charge is 0.294 e. The van der Waals surface area contributed by atoms with Gasteiger partial charge in [-0.3, -0.25) is 4.79 Å². The monoisotopic (exact) mass is 268 g/mol. The Hall–Kier alpha value is -0.890. The van der Waals surface area contributed by atoms with Crippen molar-refractivity contribution in [2.75, 3.05) is 0 Å².